The molecule has 2 aromatic rings. The van der Waals surface area contributed by atoms with E-state index in [9.17, 15) is 4.79 Å². The van der Waals surface area contributed by atoms with E-state index in [0.29, 0.717) is 5.16 Å². The van der Waals surface area contributed by atoms with Crippen LogP contribution < -0.4 is 0 Å². The number of aromatic nitrogens is 3. The summed E-state index contributed by atoms with van der Waals surface area (Å²) < 4.78 is 2.01. The molecule has 0 aliphatic carbocycles. The molecule has 0 aliphatic rings. The molecule has 20 heavy (non-hydrogen) atoms. The van der Waals surface area contributed by atoms with Gasteiger partial charge in [0, 0.05) is 10.4 Å². The van der Waals surface area contributed by atoms with Crippen molar-refractivity contribution in [3.05, 3.63) is 17.0 Å². The summed E-state index contributed by atoms with van der Waals surface area (Å²) in [6.07, 6.45) is 0. The normalized spacial score (nSPS) is 11.8. The zero-order valence-corrected chi connectivity index (χ0v) is 13.5. The molecule has 0 fully saturated rings. The van der Waals surface area contributed by atoms with E-state index < -0.39 is 5.97 Å². The summed E-state index contributed by atoms with van der Waals surface area (Å²) in [6, 6.07) is 4.07. The molecule has 0 spiro atoms. The molecule has 0 aromatic carbocycles. The van der Waals surface area contributed by atoms with Gasteiger partial charge in [0.25, 0.3) is 0 Å². The first-order chi connectivity index (χ1) is 9.29. The minimum absolute atomic E-state index is 0.0162. The smallest absolute Gasteiger partial charge is 0.313 e. The van der Waals surface area contributed by atoms with Crippen LogP contribution in [0.25, 0.3) is 10.7 Å². The van der Waals surface area contributed by atoms with Gasteiger partial charge in [-0.05, 0) is 39.8 Å². The van der Waals surface area contributed by atoms with E-state index in [1.807, 2.05) is 23.6 Å². The van der Waals surface area contributed by atoms with Crippen molar-refractivity contribution in [3.63, 3.8) is 0 Å². The molecule has 2 heterocycles. The number of hydrogen-bond donors (Lipinski definition) is 1. The Kier molecular flexibility index (Phi) is 4.19. The van der Waals surface area contributed by atoms with Gasteiger partial charge in [0.1, 0.15) is 0 Å². The number of nitrogens with zero attached hydrogens (tertiary/aromatic N) is 3. The Bertz CT molecular complexity index is 626. The van der Waals surface area contributed by atoms with Crippen molar-refractivity contribution < 1.29 is 9.90 Å². The van der Waals surface area contributed by atoms with Gasteiger partial charge in [-0.15, -0.1) is 21.5 Å². The van der Waals surface area contributed by atoms with Crippen LogP contribution in [0.3, 0.4) is 0 Å². The first kappa shape index (κ1) is 15.1. The van der Waals surface area contributed by atoms with E-state index in [4.69, 9.17) is 5.11 Å². The van der Waals surface area contributed by atoms with Crippen molar-refractivity contribution in [2.24, 2.45) is 0 Å². The quantitative estimate of drug-likeness (QED) is 0.878. The van der Waals surface area contributed by atoms with Crippen LogP contribution in [0.2, 0.25) is 0 Å². The lowest BCUT2D eigenvalue weighted by Crippen LogP contribution is -2.23. The predicted molar refractivity (Wildman–Crippen MR) is 81.4 cm³/mol. The topological polar surface area (TPSA) is 68.0 Å². The number of carbonyl (C=O) groups is 1. The number of hydrogen-bond acceptors (Lipinski definition) is 5. The van der Waals surface area contributed by atoms with Crippen molar-refractivity contribution in [1.29, 1.82) is 0 Å². The zero-order valence-electron chi connectivity index (χ0n) is 11.9. The number of carboxylic acids is 1. The van der Waals surface area contributed by atoms with E-state index in [0.717, 1.165) is 10.7 Å². The first-order valence-corrected chi connectivity index (χ1v) is 7.96. The Hall–Kier alpha value is -1.34. The molecule has 0 bridgehead atoms. The molecular formula is C13H17N3O2S2. The molecule has 0 saturated carbocycles. The first-order valence-electron chi connectivity index (χ1n) is 6.16. The van der Waals surface area contributed by atoms with Crippen LogP contribution in [0.15, 0.2) is 17.3 Å². The second-order valence-corrected chi connectivity index (χ2v) is 7.64. The number of carboxylic acid groups (broad SMARTS) is 1. The molecule has 7 heteroatoms. The number of aliphatic carboxylic acids is 1. The van der Waals surface area contributed by atoms with Gasteiger partial charge in [0.05, 0.1) is 10.6 Å². The molecule has 1 N–H and O–H groups in total. The molecule has 0 radical (unpaired) electrons. The van der Waals surface area contributed by atoms with Gasteiger partial charge in [0.15, 0.2) is 11.0 Å². The van der Waals surface area contributed by atoms with Crippen molar-refractivity contribution in [3.8, 4) is 10.7 Å². The standard InChI is InChI=1S/C13H17N3O2S2/c1-8-5-6-9(20-8)11-14-15-12(19-7-10(17)18)16(11)13(2,3)4/h5-6H,7H2,1-4H3,(H,17,18). The Morgan fingerprint density at radius 2 is 2.10 bits per heavy atom. The monoisotopic (exact) mass is 311 g/mol. The van der Waals surface area contributed by atoms with Gasteiger partial charge in [-0.3, -0.25) is 9.36 Å². The van der Waals surface area contributed by atoms with Gasteiger partial charge < -0.3 is 5.11 Å². The van der Waals surface area contributed by atoms with Crippen molar-refractivity contribution in [2.45, 2.75) is 38.4 Å². The lowest BCUT2D eigenvalue weighted by molar-refractivity contribution is -0.133. The lowest BCUT2D eigenvalue weighted by Gasteiger charge is -2.24. The molecule has 0 amide bonds. The van der Waals surface area contributed by atoms with Crippen LogP contribution in [0.5, 0.6) is 0 Å². The summed E-state index contributed by atoms with van der Waals surface area (Å²) in [4.78, 5) is 13.0. The molecule has 108 valence electrons. The van der Waals surface area contributed by atoms with Gasteiger partial charge in [-0.2, -0.15) is 0 Å². The average Bonchev–Trinajstić information content (AvgIpc) is 2.90. The summed E-state index contributed by atoms with van der Waals surface area (Å²) in [5.74, 6) is -0.0759. The fourth-order valence-corrected chi connectivity index (χ4v) is 3.49. The molecular weight excluding hydrogens is 294 g/mol. The molecule has 0 atom stereocenters. The third-order valence-electron chi connectivity index (χ3n) is 2.59. The Balaban J connectivity index is 2.45. The van der Waals surface area contributed by atoms with Gasteiger partial charge >= 0.3 is 5.97 Å². The van der Waals surface area contributed by atoms with Gasteiger partial charge in [-0.25, -0.2) is 0 Å². The van der Waals surface area contributed by atoms with Crippen LogP contribution in [-0.4, -0.2) is 31.6 Å². The van der Waals surface area contributed by atoms with E-state index in [1.54, 1.807) is 11.3 Å². The van der Waals surface area contributed by atoms with Crippen molar-refractivity contribution in [1.82, 2.24) is 14.8 Å². The largest absolute Gasteiger partial charge is 0.481 e. The van der Waals surface area contributed by atoms with E-state index >= 15 is 0 Å². The number of thioether (sulfide) groups is 1. The number of aryl methyl sites for hydroxylation is 1. The highest BCUT2D eigenvalue weighted by Gasteiger charge is 2.25. The highest BCUT2D eigenvalue weighted by atomic mass is 32.2. The van der Waals surface area contributed by atoms with Gasteiger partial charge in [0.2, 0.25) is 0 Å². The summed E-state index contributed by atoms with van der Waals surface area (Å²) in [5.41, 5.74) is -0.211. The molecule has 0 aliphatic heterocycles. The van der Waals surface area contributed by atoms with Crippen LogP contribution in [-0.2, 0) is 10.3 Å². The third-order valence-corrected chi connectivity index (χ3v) is 4.50. The molecule has 0 unspecified atom stereocenters. The van der Waals surface area contributed by atoms with Crippen LogP contribution in [0, 0.1) is 6.92 Å². The second kappa shape index (κ2) is 5.57. The molecule has 0 saturated heterocycles. The highest BCUT2D eigenvalue weighted by molar-refractivity contribution is 7.99. The predicted octanol–water partition coefficient (Wildman–Crippen LogP) is 3.25. The van der Waals surface area contributed by atoms with Crippen molar-refractivity contribution >= 4 is 29.1 Å². The zero-order chi connectivity index (χ0) is 14.9. The fourth-order valence-electron chi connectivity index (χ4n) is 1.81. The van der Waals surface area contributed by atoms with E-state index in [1.165, 1.54) is 16.6 Å². The van der Waals surface area contributed by atoms with Crippen LogP contribution >= 0.6 is 23.1 Å². The third kappa shape index (κ3) is 3.21. The fraction of sp³-hybridized carbons (Fsp3) is 0.462. The maximum absolute atomic E-state index is 10.7. The van der Waals surface area contributed by atoms with Crippen LogP contribution in [0.4, 0.5) is 0 Å². The van der Waals surface area contributed by atoms with Crippen molar-refractivity contribution in [2.75, 3.05) is 5.75 Å². The van der Waals surface area contributed by atoms with Gasteiger partial charge in [-0.1, -0.05) is 11.8 Å². The summed E-state index contributed by atoms with van der Waals surface area (Å²) in [5, 5.41) is 17.9. The summed E-state index contributed by atoms with van der Waals surface area (Å²) >= 11 is 2.86. The SMILES string of the molecule is Cc1ccc(-c2nnc(SCC(=O)O)n2C(C)(C)C)s1. The molecule has 5 nitrogen and oxygen atoms in total. The Labute approximate surface area is 126 Å². The highest BCUT2D eigenvalue weighted by Crippen LogP contribution is 2.33. The summed E-state index contributed by atoms with van der Waals surface area (Å²) in [6.45, 7) is 8.23. The number of rotatable bonds is 4. The maximum Gasteiger partial charge on any atom is 0.313 e. The average molecular weight is 311 g/mol. The lowest BCUT2D eigenvalue weighted by atomic mass is 10.1. The van der Waals surface area contributed by atoms with Crippen LogP contribution in [0.1, 0.15) is 25.6 Å². The molecule has 2 rings (SSSR count). The second-order valence-electron chi connectivity index (χ2n) is 5.41. The minimum atomic E-state index is -0.855. The Morgan fingerprint density at radius 3 is 2.60 bits per heavy atom. The molecule has 2 aromatic heterocycles. The minimum Gasteiger partial charge on any atom is -0.481 e. The number of thiophene rings is 1. The maximum atomic E-state index is 10.7. The van der Waals surface area contributed by atoms with E-state index in [-0.39, 0.29) is 11.3 Å². The Morgan fingerprint density at radius 1 is 1.40 bits per heavy atom. The van der Waals surface area contributed by atoms with E-state index in [2.05, 4.69) is 31.0 Å². The summed E-state index contributed by atoms with van der Waals surface area (Å²) in [7, 11) is 0.